The van der Waals surface area contributed by atoms with Crippen molar-refractivity contribution >= 4 is 0 Å². The molecule has 0 aliphatic heterocycles. The minimum absolute atomic E-state index is 0.137. The Morgan fingerprint density at radius 2 is 1.19 bits per heavy atom. The second-order valence-electron chi connectivity index (χ2n) is 14.3. The van der Waals surface area contributed by atoms with Crippen molar-refractivity contribution < 1.29 is 0 Å². The van der Waals surface area contributed by atoms with E-state index >= 15 is 0 Å². The number of fused-ring (bicyclic) bond motifs is 6. The molecule has 216 valence electrons. The Kier molecular flexibility index (Phi) is 6.17. The van der Waals surface area contributed by atoms with Crippen LogP contribution in [0.3, 0.4) is 0 Å². The van der Waals surface area contributed by atoms with Gasteiger partial charge in [0.05, 0.1) is 5.69 Å². The third-order valence-corrected chi connectivity index (χ3v) is 11.7. The Hall–Kier alpha value is -3.34. The lowest BCUT2D eigenvalue weighted by atomic mass is 9.59. The predicted molar refractivity (Wildman–Crippen MR) is 168 cm³/mol. The molecule has 0 radical (unpaired) electrons. The van der Waals surface area contributed by atoms with E-state index in [2.05, 4.69) is 67.9 Å². The van der Waals surface area contributed by atoms with Gasteiger partial charge < -0.3 is 0 Å². The molecule has 6 aliphatic carbocycles. The van der Waals surface area contributed by atoms with E-state index in [4.69, 9.17) is 19.9 Å². The third kappa shape index (κ3) is 4.26. The number of benzene rings is 2. The summed E-state index contributed by atoms with van der Waals surface area (Å²) in [7, 11) is 0. The van der Waals surface area contributed by atoms with Crippen molar-refractivity contribution in [3.8, 4) is 28.5 Å². The Morgan fingerprint density at radius 3 is 1.74 bits per heavy atom. The lowest BCUT2D eigenvalue weighted by Crippen LogP contribution is -2.42. The topological polar surface area (TPSA) is 56.5 Å². The number of hydrogen-bond donors (Lipinski definition) is 0. The van der Waals surface area contributed by atoms with Gasteiger partial charge in [-0.15, -0.1) is 0 Å². The quantitative estimate of drug-likeness (QED) is 0.246. The highest BCUT2D eigenvalue weighted by molar-refractivity contribution is 5.68. The monoisotopic (exact) mass is 557 g/mol. The van der Waals surface area contributed by atoms with Crippen LogP contribution in [0.1, 0.15) is 105 Å². The molecule has 0 atom stereocenters. The molecule has 42 heavy (non-hydrogen) atoms. The lowest BCUT2D eigenvalue weighted by molar-refractivity contribution is 0.117. The van der Waals surface area contributed by atoms with Gasteiger partial charge >= 0.3 is 0 Å². The zero-order valence-corrected chi connectivity index (χ0v) is 25.5. The molecule has 10 rings (SSSR count). The molecular formula is C37H43N5. The average Bonchev–Trinajstić information content (AvgIpc) is 3.52. The highest BCUT2D eigenvalue weighted by Gasteiger charge is 2.47. The van der Waals surface area contributed by atoms with Crippen LogP contribution < -0.4 is 0 Å². The number of rotatable bonds is 5. The van der Waals surface area contributed by atoms with Crippen molar-refractivity contribution in [2.75, 3.05) is 0 Å². The molecule has 6 aliphatic rings. The molecule has 0 amide bonds. The summed E-state index contributed by atoms with van der Waals surface area (Å²) in [5.41, 5.74) is 7.46. The van der Waals surface area contributed by atoms with E-state index in [1.807, 2.05) is 6.20 Å². The Labute approximate surface area is 250 Å². The summed E-state index contributed by atoms with van der Waals surface area (Å²) in [5.74, 6) is 5.85. The standard InChI is InChI=1S/C37H43N5/c1-24-21-25(2)31(26(3)22-24)42-20-19-38-33(42)30-6-4-5-29(23-30)32-39-34(36-13-7-27(8-14-36)9-15-36)41-35(40-32)37-16-10-28(11-17-37)12-18-37/h4-6,19-23,27-28H,7-18H2,1-3H3. The maximum absolute atomic E-state index is 5.46. The van der Waals surface area contributed by atoms with E-state index in [0.29, 0.717) is 0 Å². The minimum atomic E-state index is 0.137. The highest BCUT2D eigenvalue weighted by Crippen LogP contribution is 2.53. The summed E-state index contributed by atoms with van der Waals surface area (Å²) in [6, 6.07) is 13.3. The van der Waals surface area contributed by atoms with Crippen molar-refractivity contribution in [1.82, 2.24) is 24.5 Å². The first kappa shape index (κ1) is 26.3. The van der Waals surface area contributed by atoms with E-state index in [1.54, 1.807) is 0 Å². The van der Waals surface area contributed by atoms with Gasteiger partial charge in [0.15, 0.2) is 5.82 Å². The molecule has 2 aromatic carbocycles. The largest absolute Gasteiger partial charge is 0.299 e. The highest BCUT2D eigenvalue weighted by atomic mass is 15.1. The lowest BCUT2D eigenvalue weighted by Gasteiger charge is -2.47. The van der Waals surface area contributed by atoms with Gasteiger partial charge in [0.1, 0.15) is 17.5 Å². The van der Waals surface area contributed by atoms with Gasteiger partial charge in [-0.3, -0.25) is 4.57 Å². The second-order valence-corrected chi connectivity index (χ2v) is 14.3. The van der Waals surface area contributed by atoms with Gasteiger partial charge in [0.25, 0.3) is 0 Å². The van der Waals surface area contributed by atoms with Crippen LogP contribution in [0, 0.1) is 32.6 Å². The summed E-state index contributed by atoms with van der Waals surface area (Å²) in [6.07, 6.45) is 19.4. The van der Waals surface area contributed by atoms with Gasteiger partial charge in [-0.25, -0.2) is 19.9 Å². The maximum Gasteiger partial charge on any atom is 0.163 e. The SMILES string of the molecule is Cc1cc(C)c(-n2ccnc2-c2cccc(-c3nc(C45CCC(CC4)CC5)nc(C45CCC(CC4)CC5)n3)c2)c(C)c1. The Bertz CT molecular complexity index is 1550. The summed E-state index contributed by atoms with van der Waals surface area (Å²) in [6.45, 7) is 6.55. The molecule has 5 nitrogen and oxygen atoms in total. The van der Waals surface area contributed by atoms with E-state index in [9.17, 15) is 0 Å². The number of aromatic nitrogens is 5. The molecule has 0 N–H and O–H groups in total. The first-order valence-corrected chi connectivity index (χ1v) is 16.4. The van der Waals surface area contributed by atoms with Crippen LogP contribution in [-0.2, 0) is 10.8 Å². The van der Waals surface area contributed by atoms with E-state index in [0.717, 1.165) is 46.3 Å². The van der Waals surface area contributed by atoms with E-state index in [-0.39, 0.29) is 10.8 Å². The molecule has 0 unspecified atom stereocenters. The van der Waals surface area contributed by atoms with Crippen molar-refractivity contribution in [3.05, 3.63) is 77.1 Å². The fourth-order valence-corrected chi connectivity index (χ4v) is 9.20. The molecule has 6 saturated carbocycles. The van der Waals surface area contributed by atoms with Crippen molar-refractivity contribution in [2.24, 2.45) is 11.8 Å². The van der Waals surface area contributed by atoms with Gasteiger partial charge in [0.2, 0.25) is 0 Å². The molecule has 4 aromatic rings. The van der Waals surface area contributed by atoms with Crippen LogP contribution in [0.2, 0.25) is 0 Å². The number of aryl methyl sites for hydroxylation is 3. The summed E-state index contributed by atoms with van der Waals surface area (Å²) in [5, 5.41) is 0. The van der Waals surface area contributed by atoms with Crippen molar-refractivity contribution in [2.45, 2.75) is 109 Å². The van der Waals surface area contributed by atoms with Gasteiger partial charge in [-0.2, -0.15) is 0 Å². The molecule has 2 heterocycles. The molecular weight excluding hydrogens is 514 g/mol. The fourth-order valence-electron chi connectivity index (χ4n) is 9.20. The molecule has 5 heteroatoms. The Balaban J connectivity index is 1.24. The molecule has 6 fully saturated rings. The first-order valence-electron chi connectivity index (χ1n) is 16.4. The van der Waals surface area contributed by atoms with Crippen LogP contribution in [0.25, 0.3) is 28.5 Å². The molecule has 2 aromatic heterocycles. The van der Waals surface area contributed by atoms with Gasteiger partial charge in [-0.05, 0) is 127 Å². The number of nitrogens with zero attached hydrogens (tertiary/aromatic N) is 5. The van der Waals surface area contributed by atoms with E-state index in [1.165, 1.54) is 99.4 Å². The van der Waals surface area contributed by atoms with Crippen LogP contribution in [0.15, 0.2) is 48.8 Å². The molecule has 0 spiro atoms. The predicted octanol–water partition coefficient (Wildman–Crippen LogP) is 8.76. The number of hydrogen-bond acceptors (Lipinski definition) is 4. The molecule has 4 bridgehead atoms. The molecule has 0 saturated heterocycles. The smallest absolute Gasteiger partial charge is 0.163 e. The maximum atomic E-state index is 5.46. The first-order chi connectivity index (χ1) is 20.4. The summed E-state index contributed by atoms with van der Waals surface area (Å²) in [4.78, 5) is 21.0. The Morgan fingerprint density at radius 1 is 0.667 bits per heavy atom. The number of imidazole rings is 1. The summed E-state index contributed by atoms with van der Waals surface area (Å²) >= 11 is 0. The van der Waals surface area contributed by atoms with Crippen molar-refractivity contribution in [1.29, 1.82) is 0 Å². The fraction of sp³-hybridized carbons (Fsp3) is 0.514. The van der Waals surface area contributed by atoms with Gasteiger partial charge in [0, 0.05) is 34.4 Å². The van der Waals surface area contributed by atoms with Crippen LogP contribution in [0.5, 0.6) is 0 Å². The average molecular weight is 558 g/mol. The van der Waals surface area contributed by atoms with Crippen LogP contribution in [-0.4, -0.2) is 24.5 Å². The zero-order chi connectivity index (χ0) is 28.5. The normalized spacial score (nSPS) is 28.4. The van der Waals surface area contributed by atoms with Crippen LogP contribution >= 0.6 is 0 Å². The minimum Gasteiger partial charge on any atom is -0.299 e. The summed E-state index contributed by atoms with van der Waals surface area (Å²) < 4.78 is 2.24. The third-order valence-electron chi connectivity index (χ3n) is 11.7. The second kappa shape index (κ2) is 9.86. The van der Waals surface area contributed by atoms with Crippen LogP contribution in [0.4, 0.5) is 0 Å². The van der Waals surface area contributed by atoms with Gasteiger partial charge in [-0.1, -0.05) is 35.9 Å². The van der Waals surface area contributed by atoms with E-state index < -0.39 is 0 Å². The zero-order valence-electron chi connectivity index (χ0n) is 25.5. The van der Waals surface area contributed by atoms with Crippen molar-refractivity contribution in [3.63, 3.8) is 0 Å².